The lowest BCUT2D eigenvalue weighted by atomic mass is 10.1. The Labute approximate surface area is 170 Å². The van der Waals surface area contributed by atoms with Crippen molar-refractivity contribution in [3.05, 3.63) is 82.5 Å². The minimum atomic E-state index is 0.423. The van der Waals surface area contributed by atoms with E-state index in [1.807, 2.05) is 55.5 Å². The molecule has 5 nitrogen and oxygen atoms in total. The first kappa shape index (κ1) is 18.0. The van der Waals surface area contributed by atoms with Crippen molar-refractivity contribution in [2.75, 3.05) is 5.32 Å². The summed E-state index contributed by atoms with van der Waals surface area (Å²) in [5, 5.41) is 14.1. The first-order valence-corrected chi connectivity index (χ1v) is 9.39. The summed E-state index contributed by atoms with van der Waals surface area (Å²) < 4.78 is 7.15. The second-order valence-corrected chi connectivity index (χ2v) is 7.04. The van der Waals surface area contributed by atoms with Crippen LogP contribution in [0.3, 0.4) is 0 Å². The van der Waals surface area contributed by atoms with Crippen molar-refractivity contribution < 1.29 is 4.74 Å². The molecule has 28 heavy (non-hydrogen) atoms. The summed E-state index contributed by atoms with van der Waals surface area (Å²) in [4.78, 5) is 8.83. The fraction of sp³-hybridized carbons (Fsp3) is 0.0455. The van der Waals surface area contributed by atoms with Crippen LogP contribution in [0.2, 0.25) is 0 Å². The number of nitriles is 1. The van der Waals surface area contributed by atoms with Gasteiger partial charge in [-0.25, -0.2) is 4.98 Å². The molecule has 136 valence electrons. The van der Waals surface area contributed by atoms with Crippen LogP contribution < -0.4 is 10.1 Å². The van der Waals surface area contributed by atoms with E-state index in [1.54, 1.807) is 18.3 Å². The molecule has 4 aromatic rings. The Morgan fingerprint density at radius 1 is 1.00 bits per heavy atom. The number of benzene rings is 3. The van der Waals surface area contributed by atoms with Crippen molar-refractivity contribution in [3.8, 4) is 17.7 Å². The maximum atomic E-state index is 8.90. The van der Waals surface area contributed by atoms with Gasteiger partial charge in [-0.3, -0.25) is 0 Å². The summed E-state index contributed by atoms with van der Waals surface area (Å²) >= 11 is 3.58. The molecule has 1 N–H and O–H groups in total. The predicted octanol–water partition coefficient (Wildman–Crippen LogP) is 6.11. The van der Waals surface area contributed by atoms with Crippen LogP contribution in [0.1, 0.15) is 11.1 Å². The van der Waals surface area contributed by atoms with Gasteiger partial charge in [0.25, 0.3) is 0 Å². The van der Waals surface area contributed by atoms with Crippen molar-refractivity contribution in [3.63, 3.8) is 0 Å². The lowest BCUT2D eigenvalue weighted by Gasteiger charge is -2.12. The van der Waals surface area contributed by atoms with E-state index in [0.717, 1.165) is 32.2 Å². The predicted molar refractivity (Wildman–Crippen MR) is 113 cm³/mol. The minimum absolute atomic E-state index is 0.423. The summed E-state index contributed by atoms with van der Waals surface area (Å²) in [5.74, 6) is 1.63. The molecular weight excluding hydrogens is 416 g/mol. The van der Waals surface area contributed by atoms with Crippen molar-refractivity contribution in [2.24, 2.45) is 0 Å². The first-order chi connectivity index (χ1) is 13.6. The lowest BCUT2D eigenvalue weighted by Crippen LogP contribution is -2.00. The number of halogens is 1. The van der Waals surface area contributed by atoms with Crippen LogP contribution in [0, 0.1) is 18.3 Å². The zero-order chi connectivity index (χ0) is 19.5. The third-order valence-corrected chi connectivity index (χ3v) is 4.92. The van der Waals surface area contributed by atoms with Crippen molar-refractivity contribution in [1.82, 2.24) is 9.97 Å². The normalized spacial score (nSPS) is 10.5. The number of aromatic nitrogens is 2. The Bertz CT molecular complexity index is 1200. The van der Waals surface area contributed by atoms with Crippen LogP contribution in [0.4, 0.5) is 11.6 Å². The highest BCUT2D eigenvalue weighted by Gasteiger charge is 2.11. The number of rotatable bonds is 4. The van der Waals surface area contributed by atoms with E-state index < -0.39 is 0 Å². The van der Waals surface area contributed by atoms with Crippen LogP contribution in [-0.2, 0) is 0 Å². The summed E-state index contributed by atoms with van der Waals surface area (Å²) in [6, 6.07) is 21.1. The SMILES string of the molecule is Cc1cnc(Nc2ccc(C#N)cc2)nc1Oc1ccc(Br)c2ccccc12. The molecule has 0 atom stereocenters. The minimum Gasteiger partial charge on any atom is -0.438 e. The molecule has 0 aliphatic rings. The highest BCUT2D eigenvalue weighted by atomic mass is 79.9. The quantitative estimate of drug-likeness (QED) is 0.422. The first-order valence-electron chi connectivity index (χ1n) is 8.60. The van der Waals surface area contributed by atoms with Gasteiger partial charge in [-0.1, -0.05) is 40.2 Å². The highest BCUT2D eigenvalue weighted by Crippen LogP contribution is 2.34. The van der Waals surface area contributed by atoms with Gasteiger partial charge < -0.3 is 10.1 Å². The Morgan fingerprint density at radius 3 is 2.50 bits per heavy atom. The van der Waals surface area contributed by atoms with E-state index in [0.29, 0.717) is 17.4 Å². The van der Waals surface area contributed by atoms with Crippen LogP contribution in [0.15, 0.2) is 71.3 Å². The van der Waals surface area contributed by atoms with Gasteiger partial charge in [0.1, 0.15) is 5.75 Å². The third-order valence-electron chi connectivity index (χ3n) is 4.23. The van der Waals surface area contributed by atoms with Crippen LogP contribution in [0.25, 0.3) is 10.8 Å². The van der Waals surface area contributed by atoms with E-state index in [-0.39, 0.29) is 0 Å². The molecule has 0 aliphatic carbocycles. The molecule has 1 heterocycles. The smallest absolute Gasteiger partial charge is 0.230 e. The summed E-state index contributed by atoms with van der Waals surface area (Å²) in [5.41, 5.74) is 2.22. The number of fused-ring (bicyclic) bond motifs is 1. The van der Waals surface area contributed by atoms with E-state index >= 15 is 0 Å². The fourth-order valence-electron chi connectivity index (χ4n) is 2.77. The van der Waals surface area contributed by atoms with Gasteiger partial charge in [-0.05, 0) is 48.7 Å². The fourth-order valence-corrected chi connectivity index (χ4v) is 3.25. The third kappa shape index (κ3) is 3.66. The van der Waals surface area contributed by atoms with Crippen molar-refractivity contribution in [2.45, 2.75) is 6.92 Å². The number of nitrogens with one attached hydrogen (secondary N) is 1. The van der Waals surface area contributed by atoms with Crippen LogP contribution >= 0.6 is 15.9 Å². The molecule has 0 radical (unpaired) electrons. The van der Waals surface area contributed by atoms with E-state index in [2.05, 4.69) is 37.3 Å². The van der Waals surface area contributed by atoms with Crippen LogP contribution in [0.5, 0.6) is 11.6 Å². The summed E-state index contributed by atoms with van der Waals surface area (Å²) in [7, 11) is 0. The van der Waals surface area contributed by atoms with Crippen LogP contribution in [-0.4, -0.2) is 9.97 Å². The number of hydrogen-bond donors (Lipinski definition) is 1. The van der Waals surface area contributed by atoms with Gasteiger partial charge >= 0.3 is 0 Å². The van der Waals surface area contributed by atoms with E-state index in [1.165, 1.54) is 0 Å². The lowest BCUT2D eigenvalue weighted by molar-refractivity contribution is 0.463. The zero-order valence-electron chi connectivity index (χ0n) is 15.0. The molecule has 4 rings (SSSR count). The van der Waals surface area contributed by atoms with Gasteiger partial charge in [0.2, 0.25) is 11.8 Å². The second-order valence-electron chi connectivity index (χ2n) is 6.19. The molecule has 0 amide bonds. The number of ether oxygens (including phenoxy) is 1. The largest absolute Gasteiger partial charge is 0.438 e. The van der Waals surface area contributed by atoms with Crippen molar-refractivity contribution >= 4 is 38.3 Å². The number of aryl methyl sites for hydroxylation is 1. The number of anilines is 2. The van der Waals surface area contributed by atoms with Gasteiger partial charge in [-0.15, -0.1) is 0 Å². The topological polar surface area (TPSA) is 70.8 Å². The second kappa shape index (κ2) is 7.67. The standard InChI is InChI=1S/C22H15BrN4O/c1-14-13-25-22(26-16-8-6-15(12-24)7-9-16)27-21(14)28-20-11-10-19(23)17-4-2-3-5-18(17)20/h2-11,13H,1H3,(H,25,26,27). The van der Waals surface area contributed by atoms with Gasteiger partial charge in [0, 0.05) is 27.3 Å². The van der Waals surface area contributed by atoms with Gasteiger partial charge in [0.15, 0.2) is 0 Å². The maximum absolute atomic E-state index is 8.90. The molecule has 1 aromatic heterocycles. The molecule has 0 aliphatic heterocycles. The van der Waals surface area contributed by atoms with Gasteiger partial charge in [0.05, 0.1) is 11.6 Å². The van der Waals surface area contributed by atoms with Crippen molar-refractivity contribution in [1.29, 1.82) is 5.26 Å². The molecule has 3 aromatic carbocycles. The van der Waals surface area contributed by atoms with Gasteiger partial charge in [-0.2, -0.15) is 10.2 Å². The molecule has 0 saturated heterocycles. The number of nitrogens with zero attached hydrogens (tertiary/aromatic N) is 3. The molecule has 0 bridgehead atoms. The summed E-state index contributed by atoms with van der Waals surface area (Å²) in [6.07, 6.45) is 1.72. The Morgan fingerprint density at radius 2 is 1.75 bits per heavy atom. The zero-order valence-corrected chi connectivity index (χ0v) is 16.6. The van der Waals surface area contributed by atoms with E-state index in [9.17, 15) is 0 Å². The molecular formula is C22H15BrN4O. The highest BCUT2D eigenvalue weighted by molar-refractivity contribution is 9.10. The maximum Gasteiger partial charge on any atom is 0.230 e. The van der Waals surface area contributed by atoms with E-state index in [4.69, 9.17) is 10.00 Å². The molecule has 0 unspecified atom stereocenters. The Kier molecular flexibility index (Phi) is 4.92. The Hall–Kier alpha value is -3.43. The Balaban J connectivity index is 1.65. The average molecular weight is 431 g/mol. The summed E-state index contributed by atoms with van der Waals surface area (Å²) in [6.45, 7) is 1.90. The average Bonchev–Trinajstić information content (AvgIpc) is 2.73. The molecule has 0 spiro atoms. The molecule has 6 heteroatoms. The monoisotopic (exact) mass is 430 g/mol. The molecule has 0 saturated carbocycles. The number of hydrogen-bond acceptors (Lipinski definition) is 5. The molecule has 0 fully saturated rings.